The maximum absolute atomic E-state index is 6.26. The van der Waals surface area contributed by atoms with E-state index in [1.54, 1.807) is 0 Å². The Hall–Kier alpha value is -0.530. The second-order valence-corrected chi connectivity index (χ2v) is 5.69. The molecule has 0 aromatic heterocycles. The van der Waals surface area contributed by atoms with E-state index in [-0.39, 0.29) is 0 Å². The first kappa shape index (κ1) is 11.9. The lowest BCUT2D eigenvalue weighted by molar-refractivity contribution is 0.509. The Labute approximate surface area is 103 Å². The van der Waals surface area contributed by atoms with Crippen molar-refractivity contribution in [2.24, 2.45) is 5.92 Å². The van der Waals surface area contributed by atoms with Gasteiger partial charge in [-0.3, -0.25) is 0 Å². The minimum absolute atomic E-state index is 0.327. The fourth-order valence-electron chi connectivity index (χ4n) is 2.18. The third-order valence-electron chi connectivity index (χ3n) is 3.31. The lowest BCUT2D eigenvalue weighted by Crippen LogP contribution is -2.29. The van der Waals surface area contributed by atoms with Crippen LogP contribution in [-0.4, -0.2) is 13.1 Å². The van der Waals surface area contributed by atoms with Crippen LogP contribution in [0.2, 0.25) is 5.02 Å². The van der Waals surface area contributed by atoms with Crippen molar-refractivity contribution in [1.82, 2.24) is 5.32 Å². The maximum atomic E-state index is 6.26. The van der Waals surface area contributed by atoms with Gasteiger partial charge in [0.1, 0.15) is 0 Å². The summed E-state index contributed by atoms with van der Waals surface area (Å²) in [5, 5.41) is 4.48. The lowest BCUT2D eigenvalue weighted by Gasteiger charge is -2.18. The molecule has 0 heterocycles. The highest BCUT2D eigenvalue weighted by atomic mass is 35.5. The van der Waals surface area contributed by atoms with E-state index in [1.165, 1.54) is 18.4 Å². The van der Waals surface area contributed by atoms with E-state index < -0.39 is 0 Å². The van der Waals surface area contributed by atoms with E-state index in [4.69, 9.17) is 11.6 Å². The highest BCUT2D eigenvalue weighted by Gasteiger charge is 2.44. The Morgan fingerprint density at radius 2 is 2.00 bits per heavy atom. The summed E-state index contributed by atoms with van der Waals surface area (Å²) in [4.78, 5) is 0. The van der Waals surface area contributed by atoms with Gasteiger partial charge >= 0.3 is 0 Å². The molecular weight excluding hydrogens is 218 g/mol. The van der Waals surface area contributed by atoms with Crippen molar-refractivity contribution < 1.29 is 0 Å². The smallest absolute Gasteiger partial charge is 0.0444 e. The third kappa shape index (κ3) is 2.58. The van der Waals surface area contributed by atoms with Crippen molar-refractivity contribution in [1.29, 1.82) is 0 Å². The minimum atomic E-state index is 0.327. The normalized spacial score (nSPS) is 17.8. The lowest BCUT2D eigenvalue weighted by atomic mass is 9.95. The summed E-state index contributed by atoms with van der Waals surface area (Å²) >= 11 is 6.26. The molecular formula is C14H20ClN. The molecule has 0 saturated heterocycles. The SMILES string of the molecule is CC(C)CNCC1(c2ccccc2Cl)CC1. The number of benzene rings is 1. The van der Waals surface area contributed by atoms with Crippen molar-refractivity contribution >= 4 is 11.6 Å². The summed E-state index contributed by atoms with van der Waals surface area (Å²) in [5.74, 6) is 0.710. The first-order valence-corrected chi connectivity index (χ1v) is 6.48. The van der Waals surface area contributed by atoms with E-state index in [1.807, 2.05) is 12.1 Å². The van der Waals surface area contributed by atoms with E-state index in [9.17, 15) is 0 Å². The number of rotatable bonds is 5. The number of hydrogen-bond donors (Lipinski definition) is 1. The second kappa shape index (κ2) is 4.77. The van der Waals surface area contributed by atoms with Gasteiger partial charge in [0.05, 0.1) is 0 Å². The van der Waals surface area contributed by atoms with Gasteiger partial charge in [-0.05, 0) is 36.9 Å². The molecule has 0 radical (unpaired) electrons. The van der Waals surface area contributed by atoms with Gasteiger partial charge in [0.2, 0.25) is 0 Å². The molecule has 16 heavy (non-hydrogen) atoms. The number of nitrogens with one attached hydrogen (secondary N) is 1. The van der Waals surface area contributed by atoms with Crippen LogP contribution in [0.4, 0.5) is 0 Å². The maximum Gasteiger partial charge on any atom is 0.0444 e. The van der Waals surface area contributed by atoms with E-state index in [2.05, 4.69) is 31.3 Å². The van der Waals surface area contributed by atoms with Crippen LogP contribution in [0.25, 0.3) is 0 Å². The first-order chi connectivity index (χ1) is 7.64. The summed E-state index contributed by atoms with van der Waals surface area (Å²) < 4.78 is 0. The first-order valence-electron chi connectivity index (χ1n) is 6.10. The van der Waals surface area contributed by atoms with Crippen molar-refractivity contribution in [3.8, 4) is 0 Å². The zero-order chi connectivity index (χ0) is 11.6. The summed E-state index contributed by atoms with van der Waals surface area (Å²) in [5.41, 5.74) is 1.65. The van der Waals surface area contributed by atoms with Crippen LogP contribution in [-0.2, 0) is 5.41 Å². The highest BCUT2D eigenvalue weighted by molar-refractivity contribution is 6.31. The second-order valence-electron chi connectivity index (χ2n) is 5.28. The van der Waals surface area contributed by atoms with Crippen LogP contribution in [0.15, 0.2) is 24.3 Å². The van der Waals surface area contributed by atoms with Gasteiger partial charge in [-0.15, -0.1) is 0 Å². The Morgan fingerprint density at radius 3 is 2.56 bits per heavy atom. The van der Waals surface area contributed by atoms with Gasteiger partial charge in [0, 0.05) is 17.0 Å². The van der Waals surface area contributed by atoms with Crippen LogP contribution in [0, 0.1) is 5.92 Å². The average molecular weight is 238 g/mol. The zero-order valence-electron chi connectivity index (χ0n) is 10.1. The molecule has 2 heteroatoms. The molecule has 0 amide bonds. The molecule has 1 saturated carbocycles. The molecule has 2 rings (SSSR count). The summed E-state index contributed by atoms with van der Waals surface area (Å²) in [6.07, 6.45) is 2.53. The Kier molecular flexibility index (Phi) is 3.56. The Balaban J connectivity index is 2.00. The average Bonchev–Trinajstić information content (AvgIpc) is 2.99. The summed E-state index contributed by atoms with van der Waals surface area (Å²) in [7, 11) is 0. The van der Waals surface area contributed by atoms with Crippen LogP contribution in [0.3, 0.4) is 0 Å². The molecule has 1 N–H and O–H groups in total. The van der Waals surface area contributed by atoms with E-state index in [0.717, 1.165) is 18.1 Å². The molecule has 0 spiro atoms. The van der Waals surface area contributed by atoms with Crippen LogP contribution >= 0.6 is 11.6 Å². The van der Waals surface area contributed by atoms with Gasteiger partial charge < -0.3 is 5.32 Å². The molecule has 1 aliphatic rings. The van der Waals surface area contributed by atoms with Crippen LogP contribution in [0.1, 0.15) is 32.3 Å². The number of hydrogen-bond acceptors (Lipinski definition) is 1. The van der Waals surface area contributed by atoms with Crippen molar-refractivity contribution in [3.63, 3.8) is 0 Å². The summed E-state index contributed by atoms with van der Waals surface area (Å²) in [6.45, 7) is 6.63. The molecule has 0 bridgehead atoms. The molecule has 1 nitrogen and oxygen atoms in total. The third-order valence-corrected chi connectivity index (χ3v) is 3.64. The molecule has 1 fully saturated rings. The fourth-order valence-corrected chi connectivity index (χ4v) is 2.52. The molecule has 0 unspecified atom stereocenters. The summed E-state index contributed by atoms with van der Waals surface area (Å²) in [6, 6.07) is 8.26. The standard InChI is InChI=1S/C14H20ClN/c1-11(2)9-16-10-14(7-8-14)12-5-3-4-6-13(12)15/h3-6,11,16H,7-10H2,1-2H3. The van der Waals surface area contributed by atoms with Gasteiger partial charge in [-0.1, -0.05) is 43.6 Å². The Morgan fingerprint density at radius 1 is 1.31 bits per heavy atom. The highest BCUT2D eigenvalue weighted by Crippen LogP contribution is 2.49. The monoisotopic (exact) mass is 237 g/mol. The molecule has 0 atom stereocenters. The number of halogens is 1. The molecule has 1 aromatic carbocycles. The van der Waals surface area contributed by atoms with E-state index in [0.29, 0.717) is 11.3 Å². The Bertz CT molecular complexity index is 356. The molecule has 88 valence electrons. The van der Waals surface area contributed by atoms with Crippen molar-refractivity contribution in [2.45, 2.75) is 32.1 Å². The van der Waals surface area contributed by atoms with Gasteiger partial charge in [-0.25, -0.2) is 0 Å². The quantitative estimate of drug-likeness (QED) is 0.825. The van der Waals surface area contributed by atoms with E-state index >= 15 is 0 Å². The topological polar surface area (TPSA) is 12.0 Å². The molecule has 1 aliphatic carbocycles. The predicted molar refractivity (Wildman–Crippen MR) is 70.1 cm³/mol. The van der Waals surface area contributed by atoms with Crippen LogP contribution < -0.4 is 5.32 Å². The molecule has 0 aliphatic heterocycles. The van der Waals surface area contributed by atoms with Crippen molar-refractivity contribution in [3.05, 3.63) is 34.9 Å². The molecule has 1 aromatic rings. The van der Waals surface area contributed by atoms with Gasteiger partial charge in [0.15, 0.2) is 0 Å². The van der Waals surface area contributed by atoms with Crippen molar-refractivity contribution in [2.75, 3.05) is 13.1 Å². The zero-order valence-corrected chi connectivity index (χ0v) is 10.8. The largest absolute Gasteiger partial charge is 0.316 e. The van der Waals surface area contributed by atoms with Gasteiger partial charge in [-0.2, -0.15) is 0 Å². The minimum Gasteiger partial charge on any atom is -0.316 e. The van der Waals surface area contributed by atoms with Crippen LogP contribution in [0.5, 0.6) is 0 Å². The van der Waals surface area contributed by atoms with Gasteiger partial charge in [0.25, 0.3) is 0 Å². The predicted octanol–water partition coefficient (Wildman–Crippen LogP) is 3.62. The fraction of sp³-hybridized carbons (Fsp3) is 0.571.